The van der Waals surface area contributed by atoms with Gasteiger partial charge in [-0.3, -0.25) is 9.59 Å². The van der Waals surface area contributed by atoms with E-state index >= 15 is 0 Å². The first kappa shape index (κ1) is 21.0. The smallest absolute Gasteiger partial charge is 0.248 e. The number of nitrogens with zero attached hydrogens (tertiary/aromatic N) is 2. The van der Waals surface area contributed by atoms with Gasteiger partial charge in [0.2, 0.25) is 11.8 Å². The van der Waals surface area contributed by atoms with Gasteiger partial charge in [-0.05, 0) is 24.1 Å². The number of nitrogens with one attached hydrogen (secondary N) is 1. The number of nitriles is 1. The van der Waals surface area contributed by atoms with Crippen LogP contribution in [0.2, 0.25) is 0 Å². The fourth-order valence-corrected chi connectivity index (χ4v) is 4.89. The first-order valence-electron chi connectivity index (χ1n) is 9.24. The molecule has 0 spiro atoms. The van der Waals surface area contributed by atoms with Crippen LogP contribution in [0, 0.1) is 17.2 Å². The van der Waals surface area contributed by atoms with Crippen molar-refractivity contribution in [3.05, 3.63) is 46.4 Å². The quantitative estimate of drug-likeness (QED) is 0.719. The van der Waals surface area contributed by atoms with E-state index in [4.69, 9.17) is 9.47 Å². The molecule has 7 nitrogen and oxygen atoms in total. The number of methoxy groups -OCH3 is 2. The standard InChI is InChI=1S/C21H23N3O4S/c1-27-13-20(26)24-10-9-15-16(11-22)21(29-18(15)12-24)23-19(25)8-7-14-5-3-4-6-17(14)28-2/h3-8,16,21H,9-10,12-13H2,1-2H3,(H,23,25)/b8-7+. The maximum atomic E-state index is 12.4. The van der Waals surface area contributed by atoms with Gasteiger partial charge in [0, 0.05) is 30.2 Å². The van der Waals surface area contributed by atoms with Crippen molar-refractivity contribution in [2.45, 2.75) is 11.8 Å². The lowest BCUT2D eigenvalue weighted by Gasteiger charge is -2.28. The molecule has 1 N–H and O–H groups in total. The molecule has 2 heterocycles. The number of rotatable bonds is 6. The molecule has 2 unspecified atom stereocenters. The summed E-state index contributed by atoms with van der Waals surface area (Å²) in [7, 11) is 3.07. The number of thioether (sulfide) groups is 1. The van der Waals surface area contributed by atoms with Crippen molar-refractivity contribution in [2.75, 3.05) is 33.9 Å². The molecule has 2 aliphatic rings. The summed E-state index contributed by atoms with van der Waals surface area (Å²) in [5.74, 6) is -0.0564. The van der Waals surface area contributed by atoms with Crippen LogP contribution < -0.4 is 10.1 Å². The molecular formula is C21H23N3O4S. The van der Waals surface area contributed by atoms with E-state index in [-0.39, 0.29) is 23.8 Å². The molecule has 1 aromatic rings. The first-order valence-corrected chi connectivity index (χ1v) is 10.1. The summed E-state index contributed by atoms with van der Waals surface area (Å²) in [6, 6.07) is 9.73. The Labute approximate surface area is 174 Å². The van der Waals surface area contributed by atoms with Gasteiger partial charge in [-0.25, -0.2) is 0 Å². The fourth-order valence-electron chi connectivity index (χ4n) is 3.44. The van der Waals surface area contributed by atoms with E-state index in [1.165, 1.54) is 24.9 Å². The van der Waals surface area contributed by atoms with E-state index in [0.29, 0.717) is 25.3 Å². The van der Waals surface area contributed by atoms with Crippen molar-refractivity contribution < 1.29 is 19.1 Å². The summed E-state index contributed by atoms with van der Waals surface area (Å²) in [6.07, 6.45) is 3.77. The van der Waals surface area contributed by atoms with Crippen LogP contribution in [0.1, 0.15) is 12.0 Å². The van der Waals surface area contributed by atoms with E-state index < -0.39 is 5.92 Å². The molecule has 3 rings (SSSR count). The second kappa shape index (κ2) is 9.63. The van der Waals surface area contributed by atoms with E-state index in [2.05, 4.69) is 11.4 Å². The molecule has 0 bridgehead atoms. The monoisotopic (exact) mass is 413 g/mol. The molecule has 0 fully saturated rings. The normalized spacial score (nSPS) is 21.1. The summed E-state index contributed by atoms with van der Waals surface area (Å²) in [4.78, 5) is 27.2. The molecule has 0 aromatic heterocycles. The molecule has 8 heteroatoms. The maximum Gasteiger partial charge on any atom is 0.248 e. The number of carbonyl (C=O) groups is 2. The zero-order valence-electron chi connectivity index (χ0n) is 16.4. The van der Waals surface area contributed by atoms with Crippen LogP contribution in [0.4, 0.5) is 0 Å². The summed E-state index contributed by atoms with van der Waals surface area (Å²) in [6.45, 7) is 1.07. The number of amides is 2. The van der Waals surface area contributed by atoms with Gasteiger partial charge in [0.1, 0.15) is 12.4 Å². The van der Waals surface area contributed by atoms with Crippen molar-refractivity contribution >= 4 is 29.7 Å². The maximum absolute atomic E-state index is 12.4. The molecule has 29 heavy (non-hydrogen) atoms. The van der Waals surface area contributed by atoms with Gasteiger partial charge in [-0.1, -0.05) is 18.2 Å². The predicted octanol–water partition coefficient (Wildman–Crippen LogP) is 2.17. The summed E-state index contributed by atoms with van der Waals surface area (Å²) >= 11 is 1.46. The Balaban J connectivity index is 1.64. The van der Waals surface area contributed by atoms with Crippen molar-refractivity contribution in [1.82, 2.24) is 10.2 Å². The zero-order valence-corrected chi connectivity index (χ0v) is 17.2. The SMILES string of the molecule is COCC(=O)N1CCC2=C(C1)SC(NC(=O)/C=C/c1ccccc1OC)C2C#N. The molecule has 1 aromatic carbocycles. The third-order valence-corrected chi connectivity index (χ3v) is 6.21. The number of carbonyl (C=O) groups excluding carboxylic acids is 2. The fraction of sp³-hybridized carbons (Fsp3) is 0.381. The van der Waals surface area contributed by atoms with E-state index in [0.717, 1.165) is 16.0 Å². The van der Waals surface area contributed by atoms with Crippen molar-refractivity contribution in [3.63, 3.8) is 0 Å². The third kappa shape index (κ3) is 4.81. The second-order valence-electron chi connectivity index (χ2n) is 6.68. The van der Waals surface area contributed by atoms with E-state index in [1.807, 2.05) is 24.3 Å². The highest BCUT2D eigenvalue weighted by Gasteiger charge is 2.39. The highest BCUT2D eigenvalue weighted by molar-refractivity contribution is 8.04. The van der Waals surface area contributed by atoms with E-state index in [1.54, 1.807) is 18.1 Å². The Kier molecular flexibility index (Phi) is 6.96. The Morgan fingerprint density at radius 3 is 2.90 bits per heavy atom. The van der Waals surface area contributed by atoms with Crippen LogP contribution >= 0.6 is 11.8 Å². The van der Waals surface area contributed by atoms with Crippen LogP contribution in [-0.4, -0.2) is 56.0 Å². The van der Waals surface area contributed by atoms with Gasteiger partial charge in [-0.2, -0.15) is 5.26 Å². The molecule has 0 radical (unpaired) electrons. The molecular weight excluding hydrogens is 390 g/mol. The van der Waals surface area contributed by atoms with Crippen LogP contribution in [0.15, 0.2) is 40.8 Å². The Hall–Kier alpha value is -2.76. The van der Waals surface area contributed by atoms with Gasteiger partial charge in [0.05, 0.1) is 31.0 Å². The van der Waals surface area contributed by atoms with Gasteiger partial charge in [0.25, 0.3) is 0 Å². The molecule has 2 atom stereocenters. The summed E-state index contributed by atoms with van der Waals surface area (Å²) in [5, 5.41) is 12.2. The lowest BCUT2D eigenvalue weighted by atomic mass is 9.94. The predicted molar refractivity (Wildman–Crippen MR) is 111 cm³/mol. The van der Waals surface area contributed by atoms with Crippen molar-refractivity contribution in [3.8, 4) is 11.8 Å². The topological polar surface area (TPSA) is 91.7 Å². The number of ether oxygens (including phenoxy) is 2. The number of hydrogen-bond acceptors (Lipinski definition) is 6. The average Bonchev–Trinajstić information content (AvgIpc) is 3.08. The largest absolute Gasteiger partial charge is 0.496 e. The lowest BCUT2D eigenvalue weighted by Crippen LogP contribution is -2.38. The van der Waals surface area contributed by atoms with Crippen molar-refractivity contribution in [1.29, 1.82) is 5.26 Å². The summed E-state index contributed by atoms with van der Waals surface area (Å²) in [5.41, 5.74) is 1.82. The first-order chi connectivity index (χ1) is 14.1. The highest BCUT2D eigenvalue weighted by Crippen LogP contribution is 2.44. The molecule has 0 saturated heterocycles. The van der Waals surface area contributed by atoms with E-state index in [9.17, 15) is 14.9 Å². The molecule has 2 amide bonds. The number of para-hydroxylation sites is 1. The molecule has 0 aliphatic carbocycles. The third-order valence-electron chi connectivity index (χ3n) is 4.89. The minimum Gasteiger partial charge on any atom is -0.496 e. The zero-order chi connectivity index (χ0) is 20.8. The molecule has 152 valence electrons. The average molecular weight is 413 g/mol. The van der Waals surface area contributed by atoms with Gasteiger partial charge in [-0.15, -0.1) is 11.8 Å². The van der Waals surface area contributed by atoms with Crippen LogP contribution in [0.5, 0.6) is 5.75 Å². The van der Waals surface area contributed by atoms with Gasteiger partial charge in [0.15, 0.2) is 0 Å². The Bertz CT molecular complexity index is 890. The van der Waals surface area contributed by atoms with Gasteiger partial charge >= 0.3 is 0 Å². The Morgan fingerprint density at radius 1 is 1.38 bits per heavy atom. The van der Waals surface area contributed by atoms with Gasteiger partial charge < -0.3 is 19.7 Å². The lowest BCUT2D eigenvalue weighted by molar-refractivity contribution is -0.134. The highest BCUT2D eigenvalue weighted by atomic mass is 32.2. The van der Waals surface area contributed by atoms with Crippen LogP contribution in [-0.2, 0) is 14.3 Å². The van der Waals surface area contributed by atoms with Crippen molar-refractivity contribution in [2.24, 2.45) is 5.92 Å². The van der Waals surface area contributed by atoms with Crippen LogP contribution in [0.25, 0.3) is 6.08 Å². The van der Waals surface area contributed by atoms with Crippen LogP contribution in [0.3, 0.4) is 0 Å². The minimum absolute atomic E-state index is 0.0445. The Morgan fingerprint density at radius 2 is 2.17 bits per heavy atom. The number of benzene rings is 1. The molecule has 2 aliphatic heterocycles. The number of hydrogen-bond donors (Lipinski definition) is 1. The molecule has 0 saturated carbocycles. The minimum atomic E-state index is -0.390. The summed E-state index contributed by atoms with van der Waals surface area (Å²) < 4.78 is 10.2. The second-order valence-corrected chi connectivity index (χ2v) is 7.91.